The molecular formula is C12H10F2N2O4. The van der Waals surface area contributed by atoms with Crippen LogP contribution >= 0.6 is 0 Å². The van der Waals surface area contributed by atoms with Crippen LogP contribution in [0.2, 0.25) is 0 Å². The predicted molar refractivity (Wildman–Crippen MR) is 63.1 cm³/mol. The molecule has 0 aromatic heterocycles. The van der Waals surface area contributed by atoms with E-state index in [2.05, 4.69) is 10.6 Å². The van der Waals surface area contributed by atoms with Crippen molar-refractivity contribution in [3.63, 3.8) is 0 Å². The van der Waals surface area contributed by atoms with Crippen LogP contribution in [-0.2, 0) is 9.59 Å². The molecule has 0 spiro atoms. The number of carbonyl (C=O) groups is 3. The molecule has 2 rings (SSSR count). The lowest BCUT2D eigenvalue weighted by Crippen LogP contribution is -2.25. The van der Waals surface area contributed by atoms with Crippen molar-refractivity contribution in [2.75, 3.05) is 11.9 Å². The molecule has 20 heavy (non-hydrogen) atoms. The molecule has 0 radical (unpaired) electrons. The second-order valence-corrected chi connectivity index (χ2v) is 4.31. The lowest BCUT2D eigenvalue weighted by molar-refractivity contribution is -0.123. The Morgan fingerprint density at radius 1 is 1.30 bits per heavy atom. The van der Waals surface area contributed by atoms with E-state index in [1.807, 2.05) is 0 Å². The summed E-state index contributed by atoms with van der Waals surface area (Å²) in [4.78, 5) is 33.7. The number of carbonyl (C=O) groups excluding carboxylic acids is 2. The molecule has 0 aliphatic carbocycles. The molecule has 1 saturated heterocycles. The number of nitrogens with one attached hydrogen (secondary N) is 2. The van der Waals surface area contributed by atoms with Crippen LogP contribution in [0, 0.1) is 17.6 Å². The Bertz CT molecular complexity index is 603. The molecule has 3 N–H and O–H groups in total. The molecule has 1 atom stereocenters. The summed E-state index contributed by atoms with van der Waals surface area (Å²) in [7, 11) is 0. The molecule has 1 heterocycles. The lowest BCUT2D eigenvalue weighted by Gasteiger charge is -2.12. The van der Waals surface area contributed by atoms with Crippen LogP contribution < -0.4 is 10.6 Å². The van der Waals surface area contributed by atoms with E-state index in [1.165, 1.54) is 0 Å². The molecule has 1 unspecified atom stereocenters. The third kappa shape index (κ3) is 2.73. The van der Waals surface area contributed by atoms with E-state index >= 15 is 0 Å². The zero-order valence-corrected chi connectivity index (χ0v) is 10.1. The number of rotatable bonds is 3. The van der Waals surface area contributed by atoms with E-state index < -0.39 is 35.0 Å². The Morgan fingerprint density at radius 2 is 1.95 bits per heavy atom. The van der Waals surface area contributed by atoms with Crippen molar-refractivity contribution < 1.29 is 28.3 Å². The monoisotopic (exact) mass is 284 g/mol. The summed E-state index contributed by atoms with van der Waals surface area (Å²) in [5.74, 6) is -5.69. The van der Waals surface area contributed by atoms with Crippen LogP contribution in [0.15, 0.2) is 12.1 Å². The number of hydrogen-bond acceptors (Lipinski definition) is 3. The number of hydrogen-bond donors (Lipinski definition) is 3. The van der Waals surface area contributed by atoms with Gasteiger partial charge in [-0.25, -0.2) is 13.6 Å². The van der Waals surface area contributed by atoms with Gasteiger partial charge < -0.3 is 15.7 Å². The summed E-state index contributed by atoms with van der Waals surface area (Å²) in [6.07, 6.45) is -0.0298. The van der Waals surface area contributed by atoms with Gasteiger partial charge in [-0.15, -0.1) is 0 Å². The Morgan fingerprint density at radius 3 is 2.50 bits per heavy atom. The Labute approximate surface area is 111 Å². The third-order valence-electron chi connectivity index (χ3n) is 2.90. The van der Waals surface area contributed by atoms with Crippen LogP contribution in [0.4, 0.5) is 14.5 Å². The van der Waals surface area contributed by atoms with Crippen LogP contribution in [0.1, 0.15) is 16.8 Å². The van der Waals surface area contributed by atoms with E-state index in [-0.39, 0.29) is 24.6 Å². The van der Waals surface area contributed by atoms with Crippen molar-refractivity contribution in [1.29, 1.82) is 0 Å². The van der Waals surface area contributed by atoms with Crippen molar-refractivity contribution in [2.24, 2.45) is 5.92 Å². The standard InChI is InChI=1S/C12H10F2N2O4/c13-7-2-6(12(19)20)9(3-8(7)14)16-11(18)5-1-10(17)15-4-5/h2-3,5H,1,4H2,(H,15,17)(H,16,18)(H,19,20). The first-order valence-corrected chi connectivity index (χ1v) is 5.68. The van der Waals surface area contributed by atoms with E-state index in [4.69, 9.17) is 5.11 Å². The van der Waals surface area contributed by atoms with Crippen LogP contribution in [-0.4, -0.2) is 29.4 Å². The highest BCUT2D eigenvalue weighted by molar-refractivity contribution is 6.02. The average Bonchev–Trinajstić information content (AvgIpc) is 2.80. The highest BCUT2D eigenvalue weighted by atomic mass is 19.2. The molecule has 106 valence electrons. The second kappa shape index (κ2) is 5.24. The summed E-state index contributed by atoms with van der Waals surface area (Å²) in [5.41, 5.74) is -0.907. The highest BCUT2D eigenvalue weighted by Gasteiger charge is 2.29. The maximum Gasteiger partial charge on any atom is 0.337 e. The van der Waals surface area contributed by atoms with E-state index in [0.717, 1.165) is 0 Å². The van der Waals surface area contributed by atoms with Crippen molar-refractivity contribution >= 4 is 23.5 Å². The van der Waals surface area contributed by atoms with Gasteiger partial charge in [-0.1, -0.05) is 0 Å². The fraction of sp³-hybridized carbons (Fsp3) is 0.250. The smallest absolute Gasteiger partial charge is 0.337 e. The number of carboxylic acids is 1. The molecule has 1 aliphatic heterocycles. The van der Waals surface area contributed by atoms with Gasteiger partial charge in [0.25, 0.3) is 0 Å². The zero-order chi connectivity index (χ0) is 14.9. The van der Waals surface area contributed by atoms with E-state index in [1.54, 1.807) is 0 Å². The van der Waals surface area contributed by atoms with Crippen molar-refractivity contribution in [3.8, 4) is 0 Å². The number of amides is 2. The number of carboxylic acid groups (broad SMARTS) is 1. The van der Waals surface area contributed by atoms with E-state index in [0.29, 0.717) is 12.1 Å². The van der Waals surface area contributed by atoms with Crippen molar-refractivity contribution in [2.45, 2.75) is 6.42 Å². The van der Waals surface area contributed by atoms with Gasteiger partial charge in [0.1, 0.15) is 0 Å². The summed E-state index contributed by atoms with van der Waals surface area (Å²) < 4.78 is 26.1. The Kier molecular flexibility index (Phi) is 3.64. The first-order valence-electron chi connectivity index (χ1n) is 5.68. The normalized spacial score (nSPS) is 17.7. The van der Waals surface area contributed by atoms with Crippen LogP contribution in [0.5, 0.6) is 0 Å². The van der Waals surface area contributed by atoms with Gasteiger partial charge in [-0.3, -0.25) is 9.59 Å². The van der Waals surface area contributed by atoms with Crippen LogP contribution in [0.25, 0.3) is 0 Å². The topological polar surface area (TPSA) is 95.5 Å². The van der Waals surface area contributed by atoms with Crippen molar-refractivity contribution in [3.05, 3.63) is 29.3 Å². The SMILES string of the molecule is O=C1CC(C(=O)Nc2cc(F)c(F)cc2C(=O)O)CN1. The average molecular weight is 284 g/mol. The second-order valence-electron chi connectivity index (χ2n) is 4.31. The molecule has 8 heteroatoms. The molecule has 0 saturated carbocycles. The lowest BCUT2D eigenvalue weighted by atomic mass is 10.1. The first kappa shape index (κ1) is 13.9. The fourth-order valence-electron chi connectivity index (χ4n) is 1.85. The summed E-state index contributed by atoms with van der Waals surface area (Å²) in [6.45, 7) is 0.122. The van der Waals surface area contributed by atoms with Gasteiger partial charge in [-0.2, -0.15) is 0 Å². The van der Waals surface area contributed by atoms with E-state index in [9.17, 15) is 23.2 Å². The quantitative estimate of drug-likeness (QED) is 0.762. The van der Waals surface area contributed by atoms with Gasteiger partial charge in [0.05, 0.1) is 17.2 Å². The van der Waals surface area contributed by atoms with Gasteiger partial charge in [0.2, 0.25) is 11.8 Å². The van der Waals surface area contributed by atoms with Gasteiger partial charge in [0.15, 0.2) is 11.6 Å². The minimum absolute atomic E-state index is 0.0298. The molecule has 2 amide bonds. The molecule has 0 bridgehead atoms. The molecule has 1 aromatic rings. The first-order chi connectivity index (χ1) is 9.38. The summed E-state index contributed by atoms with van der Waals surface area (Å²) >= 11 is 0. The van der Waals surface area contributed by atoms with Crippen LogP contribution in [0.3, 0.4) is 0 Å². The fourth-order valence-corrected chi connectivity index (χ4v) is 1.85. The molecule has 1 aromatic carbocycles. The predicted octanol–water partition coefficient (Wildman–Crippen LogP) is 0.738. The number of benzene rings is 1. The van der Waals surface area contributed by atoms with Crippen molar-refractivity contribution in [1.82, 2.24) is 5.32 Å². The summed E-state index contributed by atoms with van der Waals surface area (Å²) in [6, 6.07) is 1.09. The Hall–Kier alpha value is -2.51. The maximum atomic E-state index is 13.1. The number of aromatic carboxylic acids is 1. The molecule has 1 fully saturated rings. The number of anilines is 1. The summed E-state index contributed by atoms with van der Waals surface area (Å²) in [5, 5.41) is 13.5. The van der Waals surface area contributed by atoms with Gasteiger partial charge in [-0.05, 0) is 6.07 Å². The minimum Gasteiger partial charge on any atom is -0.478 e. The molecule has 1 aliphatic rings. The Balaban J connectivity index is 2.24. The maximum absolute atomic E-state index is 13.1. The van der Waals surface area contributed by atoms with Gasteiger partial charge >= 0.3 is 5.97 Å². The zero-order valence-electron chi connectivity index (χ0n) is 10.1. The number of halogens is 2. The third-order valence-corrected chi connectivity index (χ3v) is 2.90. The highest BCUT2D eigenvalue weighted by Crippen LogP contribution is 2.22. The van der Waals surface area contributed by atoms with Gasteiger partial charge in [0, 0.05) is 19.0 Å². The molecule has 6 nitrogen and oxygen atoms in total. The largest absolute Gasteiger partial charge is 0.478 e. The molecular weight excluding hydrogens is 274 g/mol. The minimum atomic E-state index is -1.50.